The molecule has 1 aliphatic rings. The molecule has 0 bridgehead atoms. The van der Waals surface area contributed by atoms with Gasteiger partial charge in [-0.15, -0.1) is 0 Å². The molecule has 2 aromatic rings. The summed E-state index contributed by atoms with van der Waals surface area (Å²) in [6, 6.07) is 11.1. The molecule has 9 heteroatoms. The van der Waals surface area contributed by atoms with E-state index in [1.54, 1.807) is 12.1 Å². The number of hydrogen-bond donors (Lipinski definition) is 3. The number of sulfonamides is 1. The first-order valence-corrected chi connectivity index (χ1v) is 15.1. The Labute approximate surface area is 227 Å². The standard InChI is InChI=1S/C29H44N2O6S/c1-22-16-23(18-26(17-22)38(30,33)34)10-6-9-15-35-14-8-5-4-7-13-31-20-27(32)24-11-12-28-25(19-24)21-36-29(2,3)37-28/h11-12,16-19,27,31-32H,4-10,13-15,20-21H2,1-3H3,(H2,30,33,34)/t27-/m1/s1. The second-order valence-electron chi connectivity index (χ2n) is 10.6. The Bertz CT molecular complexity index is 1140. The van der Waals surface area contributed by atoms with E-state index in [0.717, 1.165) is 86.1 Å². The van der Waals surface area contributed by atoms with Gasteiger partial charge in [-0.1, -0.05) is 25.0 Å². The maximum atomic E-state index is 11.6. The number of hydrogen-bond acceptors (Lipinski definition) is 7. The predicted octanol–water partition coefficient (Wildman–Crippen LogP) is 4.51. The molecule has 0 spiro atoms. The fraction of sp³-hybridized carbons (Fsp3) is 0.586. The van der Waals surface area contributed by atoms with Crippen LogP contribution in [-0.4, -0.2) is 45.6 Å². The molecule has 0 saturated heterocycles. The fourth-order valence-electron chi connectivity index (χ4n) is 4.50. The third kappa shape index (κ3) is 10.3. The monoisotopic (exact) mass is 548 g/mol. The maximum Gasteiger partial charge on any atom is 0.238 e. The van der Waals surface area contributed by atoms with E-state index in [9.17, 15) is 13.5 Å². The molecule has 1 aliphatic heterocycles. The van der Waals surface area contributed by atoms with E-state index >= 15 is 0 Å². The van der Waals surface area contributed by atoms with E-state index in [0.29, 0.717) is 19.8 Å². The van der Waals surface area contributed by atoms with Crippen LogP contribution in [0.25, 0.3) is 0 Å². The molecule has 2 aromatic carbocycles. The van der Waals surface area contributed by atoms with Gasteiger partial charge in [-0.25, -0.2) is 13.6 Å². The van der Waals surface area contributed by atoms with Gasteiger partial charge in [0.15, 0.2) is 0 Å². The Balaban J connectivity index is 1.17. The van der Waals surface area contributed by atoms with E-state index in [1.807, 2.05) is 45.0 Å². The summed E-state index contributed by atoms with van der Waals surface area (Å²) in [7, 11) is -3.67. The largest absolute Gasteiger partial charge is 0.463 e. The molecule has 3 rings (SSSR count). The van der Waals surface area contributed by atoms with Crippen molar-refractivity contribution < 1.29 is 27.7 Å². The maximum absolute atomic E-state index is 11.6. The van der Waals surface area contributed by atoms with Crippen molar-refractivity contribution >= 4 is 10.0 Å². The first-order chi connectivity index (χ1) is 18.0. The molecule has 212 valence electrons. The summed E-state index contributed by atoms with van der Waals surface area (Å²) in [5.41, 5.74) is 3.73. The van der Waals surface area contributed by atoms with E-state index < -0.39 is 21.9 Å². The average Bonchev–Trinajstić information content (AvgIpc) is 2.85. The van der Waals surface area contributed by atoms with Gasteiger partial charge < -0.3 is 24.6 Å². The number of aryl methyl sites for hydroxylation is 2. The van der Waals surface area contributed by atoms with Crippen LogP contribution >= 0.6 is 0 Å². The quantitative estimate of drug-likeness (QED) is 0.264. The van der Waals surface area contributed by atoms with Crippen molar-refractivity contribution in [1.29, 1.82) is 0 Å². The number of nitrogens with one attached hydrogen (secondary N) is 1. The van der Waals surface area contributed by atoms with Crippen LogP contribution in [0.4, 0.5) is 0 Å². The van der Waals surface area contributed by atoms with Gasteiger partial charge in [0, 0.05) is 39.2 Å². The third-order valence-electron chi connectivity index (χ3n) is 6.57. The topological polar surface area (TPSA) is 120 Å². The van der Waals surface area contributed by atoms with Gasteiger partial charge in [-0.3, -0.25) is 0 Å². The van der Waals surface area contributed by atoms with Crippen LogP contribution in [0.15, 0.2) is 41.3 Å². The second kappa shape index (κ2) is 14.4. The summed E-state index contributed by atoms with van der Waals surface area (Å²) in [5.74, 6) is 0.201. The molecule has 4 N–H and O–H groups in total. The zero-order chi connectivity index (χ0) is 27.6. The fourth-order valence-corrected chi connectivity index (χ4v) is 5.16. The van der Waals surface area contributed by atoms with Gasteiger partial charge in [0.2, 0.25) is 15.8 Å². The molecule has 0 fully saturated rings. The van der Waals surface area contributed by atoms with Gasteiger partial charge in [0.1, 0.15) is 5.75 Å². The van der Waals surface area contributed by atoms with Crippen molar-refractivity contribution in [2.75, 3.05) is 26.3 Å². The highest BCUT2D eigenvalue weighted by Crippen LogP contribution is 2.32. The summed E-state index contributed by atoms with van der Waals surface area (Å²) in [4.78, 5) is 0.180. The first-order valence-electron chi connectivity index (χ1n) is 13.6. The lowest BCUT2D eigenvalue weighted by Gasteiger charge is -2.33. The Morgan fingerprint density at radius 3 is 2.55 bits per heavy atom. The highest BCUT2D eigenvalue weighted by atomic mass is 32.2. The number of ether oxygens (including phenoxy) is 3. The van der Waals surface area contributed by atoms with Crippen LogP contribution in [0.5, 0.6) is 5.75 Å². The Hall–Kier alpha value is -2.01. The molecule has 1 heterocycles. The molecular weight excluding hydrogens is 504 g/mol. The molecule has 8 nitrogen and oxygen atoms in total. The van der Waals surface area contributed by atoms with Crippen molar-refractivity contribution in [2.45, 2.75) is 89.1 Å². The number of aliphatic hydroxyl groups is 1. The van der Waals surface area contributed by atoms with Gasteiger partial charge in [-0.05, 0) is 86.5 Å². The molecule has 0 saturated carbocycles. The Morgan fingerprint density at radius 1 is 1.05 bits per heavy atom. The lowest BCUT2D eigenvalue weighted by Crippen LogP contribution is -2.35. The van der Waals surface area contributed by atoms with Crippen LogP contribution in [0.1, 0.15) is 80.7 Å². The smallest absolute Gasteiger partial charge is 0.238 e. The molecule has 38 heavy (non-hydrogen) atoms. The Kier molecular flexibility index (Phi) is 11.6. The molecule has 0 amide bonds. The Morgan fingerprint density at radius 2 is 1.79 bits per heavy atom. The van der Waals surface area contributed by atoms with E-state index in [-0.39, 0.29) is 4.90 Å². The predicted molar refractivity (Wildman–Crippen MR) is 149 cm³/mol. The SMILES string of the molecule is Cc1cc(CCCCOCCCCCCNC[C@@H](O)c2ccc3c(c2)COC(C)(C)O3)cc(S(N)(=O)=O)c1. The minimum atomic E-state index is -3.67. The summed E-state index contributed by atoms with van der Waals surface area (Å²) in [6.45, 7) is 9.00. The number of primary sulfonamides is 1. The third-order valence-corrected chi connectivity index (χ3v) is 7.47. The highest BCUT2D eigenvalue weighted by molar-refractivity contribution is 7.89. The number of aliphatic hydroxyl groups excluding tert-OH is 1. The molecule has 1 atom stereocenters. The summed E-state index contributed by atoms with van der Waals surface area (Å²) in [5, 5.41) is 19.1. The van der Waals surface area contributed by atoms with Crippen LogP contribution in [0.3, 0.4) is 0 Å². The van der Waals surface area contributed by atoms with Gasteiger partial charge in [0.25, 0.3) is 0 Å². The first kappa shape index (κ1) is 30.5. The number of fused-ring (bicyclic) bond motifs is 1. The van der Waals surface area contributed by atoms with Crippen molar-refractivity contribution in [3.05, 3.63) is 58.7 Å². The van der Waals surface area contributed by atoms with Crippen LogP contribution < -0.4 is 15.2 Å². The molecular formula is C29H44N2O6S. The van der Waals surface area contributed by atoms with Crippen LogP contribution in [0.2, 0.25) is 0 Å². The molecule has 0 aromatic heterocycles. The minimum Gasteiger partial charge on any atom is -0.463 e. The zero-order valence-corrected chi connectivity index (χ0v) is 23.8. The number of rotatable bonds is 16. The average molecular weight is 549 g/mol. The highest BCUT2D eigenvalue weighted by Gasteiger charge is 2.27. The lowest BCUT2D eigenvalue weighted by molar-refractivity contribution is -0.180. The second-order valence-corrected chi connectivity index (χ2v) is 12.1. The van der Waals surface area contributed by atoms with Crippen molar-refractivity contribution in [3.8, 4) is 5.75 Å². The van der Waals surface area contributed by atoms with Crippen LogP contribution in [-0.2, 0) is 32.5 Å². The normalized spacial score (nSPS) is 15.6. The summed E-state index contributed by atoms with van der Waals surface area (Å²) in [6.07, 6.45) is 6.46. The zero-order valence-electron chi connectivity index (χ0n) is 23.0. The molecule has 0 aliphatic carbocycles. The number of nitrogens with two attached hydrogens (primary N) is 1. The molecule has 0 unspecified atom stereocenters. The van der Waals surface area contributed by atoms with Gasteiger partial charge >= 0.3 is 0 Å². The minimum absolute atomic E-state index is 0.180. The lowest BCUT2D eigenvalue weighted by atomic mass is 10.0. The van der Waals surface area contributed by atoms with Crippen molar-refractivity contribution in [3.63, 3.8) is 0 Å². The van der Waals surface area contributed by atoms with Gasteiger partial charge in [-0.2, -0.15) is 0 Å². The number of benzene rings is 2. The van der Waals surface area contributed by atoms with Crippen molar-refractivity contribution in [1.82, 2.24) is 5.32 Å². The van der Waals surface area contributed by atoms with E-state index in [1.165, 1.54) is 0 Å². The van der Waals surface area contributed by atoms with Crippen molar-refractivity contribution in [2.24, 2.45) is 5.14 Å². The van der Waals surface area contributed by atoms with Gasteiger partial charge in [0.05, 0.1) is 17.6 Å². The summed E-state index contributed by atoms with van der Waals surface area (Å²) < 4.78 is 40.4. The van der Waals surface area contributed by atoms with Crippen LogP contribution in [0, 0.1) is 6.92 Å². The number of unbranched alkanes of at least 4 members (excludes halogenated alkanes) is 4. The van der Waals surface area contributed by atoms with E-state index in [4.69, 9.17) is 19.3 Å². The molecule has 0 radical (unpaired) electrons. The summed E-state index contributed by atoms with van der Waals surface area (Å²) >= 11 is 0. The van der Waals surface area contributed by atoms with E-state index in [2.05, 4.69) is 5.32 Å².